The van der Waals surface area contributed by atoms with Crippen LogP contribution in [0.2, 0.25) is 0 Å². The second-order valence-corrected chi connectivity index (χ2v) is 8.86. The van der Waals surface area contributed by atoms with Crippen LogP contribution in [0.4, 0.5) is 0 Å². The van der Waals surface area contributed by atoms with Gasteiger partial charge in [0.2, 0.25) is 0 Å². The predicted molar refractivity (Wildman–Crippen MR) is 133 cm³/mol. The number of esters is 1. The van der Waals surface area contributed by atoms with Gasteiger partial charge < -0.3 is 10.1 Å². The number of ether oxygens (including phenoxy) is 1. The summed E-state index contributed by atoms with van der Waals surface area (Å²) >= 11 is 5.00. The number of halogens is 1. The standard InChI is InChI=1S/C24H23BrN4O2S/c1-4-31-23(30)20-15(2)26-24(32-3)27-22(20)19-14-29(18-8-6-5-7-9-18)28-21(19)16-10-12-17(25)13-11-16/h5-14,22H,4H2,1-3H3,(H,26,27). The fourth-order valence-electron chi connectivity index (χ4n) is 3.58. The minimum absolute atomic E-state index is 0.296. The largest absolute Gasteiger partial charge is 0.463 e. The van der Waals surface area contributed by atoms with Gasteiger partial charge in [-0.3, -0.25) is 0 Å². The van der Waals surface area contributed by atoms with Crippen molar-refractivity contribution in [2.75, 3.05) is 12.9 Å². The van der Waals surface area contributed by atoms with Gasteiger partial charge in [0.1, 0.15) is 6.04 Å². The molecule has 1 unspecified atom stereocenters. The molecule has 8 heteroatoms. The molecule has 6 nitrogen and oxygen atoms in total. The molecule has 4 rings (SSSR count). The number of carbonyl (C=O) groups excluding carboxylic acids is 1. The topological polar surface area (TPSA) is 68.5 Å². The summed E-state index contributed by atoms with van der Waals surface area (Å²) in [6.45, 7) is 3.98. The highest BCUT2D eigenvalue weighted by molar-refractivity contribution is 9.10. The molecule has 2 heterocycles. The van der Waals surface area contributed by atoms with Crippen LogP contribution in [0, 0.1) is 0 Å². The van der Waals surface area contributed by atoms with Crippen LogP contribution in [-0.4, -0.2) is 33.8 Å². The average Bonchev–Trinajstić information content (AvgIpc) is 3.25. The minimum atomic E-state index is -0.533. The normalized spacial score (nSPS) is 15.9. The number of rotatable bonds is 5. The zero-order chi connectivity index (χ0) is 22.7. The smallest absolute Gasteiger partial charge is 0.338 e. The van der Waals surface area contributed by atoms with Gasteiger partial charge in [0.05, 0.1) is 23.6 Å². The summed E-state index contributed by atoms with van der Waals surface area (Å²) in [6, 6.07) is 17.3. The van der Waals surface area contributed by atoms with Crippen molar-refractivity contribution in [3.8, 4) is 16.9 Å². The number of amidine groups is 1. The Morgan fingerprint density at radius 3 is 2.56 bits per heavy atom. The van der Waals surface area contributed by atoms with E-state index in [4.69, 9.17) is 14.8 Å². The number of thioether (sulfide) groups is 1. The molecule has 0 saturated carbocycles. The molecule has 164 valence electrons. The van der Waals surface area contributed by atoms with Gasteiger partial charge in [-0.15, -0.1) is 0 Å². The van der Waals surface area contributed by atoms with E-state index in [2.05, 4.69) is 21.2 Å². The lowest BCUT2D eigenvalue weighted by Crippen LogP contribution is -2.30. The van der Waals surface area contributed by atoms with Crippen LogP contribution < -0.4 is 5.32 Å². The third-order valence-electron chi connectivity index (χ3n) is 5.08. The Labute approximate surface area is 199 Å². The van der Waals surface area contributed by atoms with Gasteiger partial charge in [0.25, 0.3) is 0 Å². The number of benzene rings is 2. The minimum Gasteiger partial charge on any atom is -0.463 e. The van der Waals surface area contributed by atoms with E-state index < -0.39 is 6.04 Å². The number of aromatic nitrogens is 2. The van der Waals surface area contributed by atoms with E-state index in [-0.39, 0.29) is 5.97 Å². The summed E-state index contributed by atoms with van der Waals surface area (Å²) in [7, 11) is 0. The van der Waals surface area contributed by atoms with Crippen LogP contribution >= 0.6 is 27.7 Å². The van der Waals surface area contributed by atoms with Crippen LogP contribution in [0.3, 0.4) is 0 Å². The fourth-order valence-corrected chi connectivity index (χ4v) is 4.31. The summed E-state index contributed by atoms with van der Waals surface area (Å²) in [5.41, 5.74) is 4.72. The third kappa shape index (κ3) is 4.52. The Bertz CT molecular complexity index is 1190. The Morgan fingerprint density at radius 2 is 1.91 bits per heavy atom. The van der Waals surface area contributed by atoms with Crippen molar-refractivity contribution < 1.29 is 9.53 Å². The monoisotopic (exact) mass is 510 g/mol. The molecule has 1 aromatic heterocycles. The number of aliphatic imine (C=N–C) groups is 1. The third-order valence-corrected chi connectivity index (χ3v) is 6.21. The predicted octanol–water partition coefficient (Wildman–Crippen LogP) is 5.50. The van der Waals surface area contributed by atoms with Gasteiger partial charge in [0, 0.05) is 27.5 Å². The molecule has 1 aliphatic heterocycles. The van der Waals surface area contributed by atoms with Gasteiger partial charge >= 0.3 is 5.97 Å². The number of hydrogen-bond acceptors (Lipinski definition) is 6. The molecule has 0 aliphatic carbocycles. The van der Waals surface area contributed by atoms with E-state index in [0.717, 1.165) is 37.8 Å². The molecule has 0 amide bonds. The van der Waals surface area contributed by atoms with Crippen molar-refractivity contribution >= 4 is 38.8 Å². The molecule has 0 saturated heterocycles. The average molecular weight is 511 g/mol. The first-order valence-electron chi connectivity index (χ1n) is 10.2. The molecule has 0 radical (unpaired) electrons. The van der Waals surface area contributed by atoms with Crippen LogP contribution in [0.15, 0.2) is 81.5 Å². The molecule has 1 atom stereocenters. The van der Waals surface area contributed by atoms with E-state index in [1.165, 1.54) is 11.8 Å². The molecular formula is C24H23BrN4O2S. The Morgan fingerprint density at radius 1 is 1.19 bits per heavy atom. The molecular weight excluding hydrogens is 488 g/mol. The number of para-hydroxylation sites is 1. The van der Waals surface area contributed by atoms with E-state index in [1.807, 2.05) is 78.7 Å². The molecule has 1 aliphatic rings. The lowest BCUT2D eigenvalue weighted by Gasteiger charge is -2.25. The first-order chi connectivity index (χ1) is 15.5. The lowest BCUT2D eigenvalue weighted by atomic mass is 9.94. The number of nitrogens with zero attached hydrogens (tertiary/aromatic N) is 3. The maximum atomic E-state index is 12.9. The van der Waals surface area contributed by atoms with Gasteiger partial charge in [0.15, 0.2) is 5.17 Å². The quantitative estimate of drug-likeness (QED) is 0.458. The molecule has 0 spiro atoms. The summed E-state index contributed by atoms with van der Waals surface area (Å²) in [5.74, 6) is -0.374. The van der Waals surface area contributed by atoms with Crippen molar-refractivity contribution in [3.63, 3.8) is 0 Å². The Balaban J connectivity index is 1.92. The van der Waals surface area contributed by atoms with Gasteiger partial charge in [-0.2, -0.15) is 5.10 Å². The van der Waals surface area contributed by atoms with Gasteiger partial charge in [-0.1, -0.05) is 58.0 Å². The van der Waals surface area contributed by atoms with Crippen LogP contribution in [0.1, 0.15) is 25.5 Å². The highest BCUT2D eigenvalue weighted by atomic mass is 79.9. The maximum absolute atomic E-state index is 12.9. The van der Waals surface area contributed by atoms with E-state index in [9.17, 15) is 4.79 Å². The van der Waals surface area contributed by atoms with Crippen LogP contribution in [-0.2, 0) is 9.53 Å². The molecule has 32 heavy (non-hydrogen) atoms. The number of nitrogens with one attached hydrogen (secondary N) is 1. The van der Waals surface area contributed by atoms with E-state index >= 15 is 0 Å². The zero-order valence-corrected chi connectivity index (χ0v) is 20.4. The van der Waals surface area contributed by atoms with E-state index in [0.29, 0.717) is 12.2 Å². The van der Waals surface area contributed by atoms with Gasteiger partial charge in [-0.05, 0) is 44.4 Å². The SMILES string of the molecule is CCOC(=O)C1=C(C)NC(SC)=NC1c1cn(-c2ccccc2)nc1-c1ccc(Br)cc1. The molecule has 2 aromatic carbocycles. The molecule has 0 fully saturated rings. The second kappa shape index (κ2) is 9.75. The highest BCUT2D eigenvalue weighted by Gasteiger charge is 2.33. The van der Waals surface area contributed by atoms with Crippen molar-refractivity contribution in [2.45, 2.75) is 19.9 Å². The first kappa shape index (κ1) is 22.4. The summed E-state index contributed by atoms with van der Waals surface area (Å²) in [6.07, 6.45) is 3.91. The van der Waals surface area contributed by atoms with Crippen molar-refractivity contribution in [2.24, 2.45) is 4.99 Å². The Kier molecular flexibility index (Phi) is 6.81. The van der Waals surface area contributed by atoms with E-state index in [1.54, 1.807) is 6.92 Å². The molecule has 1 N–H and O–H groups in total. The maximum Gasteiger partial charge on any atom is 0.338 e. The first-order valence-corrected chi connectivity index (χ1v) is 12.2. The van der Waals surface area contributed by atoms with Crippen LogP contribution in [0.25, 0.3) is 16.9 Å². The highest BCUT2D eigenvalue weighted by Crippen LogP contribution is 2.38. The van der Waals surface area contributed by atoms with Gasteiger partial charge in [-0.25, -0.2) is 14.5 Å². The molecule has 3 aromatic rings. The summed E-state index contributed by atoms with van der Waals surface area (Å²) < 4.78 is 8.20. The number of allylic oxidation sites excluding steroid dienone is 1. The van der Waals surface area contributed by atoms with Crippen molar-refractivity contribution in [1.82, 2.24) is 15.1 Å². The zero-order valence-electron chi connectivity index (χ0n) is 18.0. The van der Waals surface area contributed by atoms with Crippen LogP contribution in [0.5, 0.6) is 0 Å². The summed E-state index contributed by atoms with van der Waals surface area (Å²) in [4.78, 5) is 17.8. The van der Waals surface area contributed by atoms with Crippen molar-refractivity contribution in [1.29, 1.82) is 0 Å². The number of carbonyl (C=O) groups is 1. The van der Waals surface area contributed by atoms with Crippen molar-refractivity contribution in [3.05, 3.63) is 82.1 Å². The second-order valence-electron chi connectivity index (χ2n) is 7.15. The lowest BCUT2D eigenvalue weighted by molar-refractivity contribution is -0.138. The number of hydrogen-bond donors (Lipinski definition) is 1. The fraction of sp³-hybridized carbons (Fsp3) is 0.208. The molecule has 0 bridgehead atoms. The summed E-state index contributed by atoms with van der Waals surface area (Å²) in [5, 5.41) is 8.87. The Hall–Kier alpha value is -2.84.